The van der Waals surface area contributed by atoms with Gasteiger partial charge in [-0.15, -0.1) is 0 Å². The van der Waals surface area contributed by atoms with Crippen LogP contribution in [-0.4, -0.2) is 9.97 Å². The Hall–Kier alpha value is -1.61. The molecule has 76 valence electrons. The summed E-state index contributed by atoms with van der Waals surface area (Å²) < 4.78 is 0. The van der Waals surface area contributed by atoms with Crippen LogP contribution in [0.4, 0.5) is 5.82 Å². The van der Waals surface area contributed by atoms with Crippen molar-refractivity contribution in [3.63, 3.8) is 0 Å². The van der Waals surface area contributed by atoms with Crippen molar-refractivity contribution in [1.82, 2.24) is 9.97 Å². The lowest BCUT2D eigenvalue weighted by Gasteiger charge is -2.06. The maximum atomic E-state index is 6.06. The number of rotatable bonds is 1. The molecule has 0 bridgehead atoms. The number of aryl methyl sites for hydroxylation is 1. The summed E-state index contributed by atoms with van der Waals surface area (Å²) in [6.45, 7) is 1.91. The summed E-state index contributed by atoms with van der Waals surface area (Å²) in [7, 11) is 0. The van der Waals surface area contributed by atoms with E-state index in [1.54, 1.807) is 12.4 Å². The molecule has 0 amide bonds. The Labute approximate surface area is 92.9 Å². The van der Waals surface area contributed by atoms with Crippen LogP contribution in [0.1, 0.15) is 5.69 Å². The molecule has 3 nitrogen and oxygen atoms in total. The summed E-state index contributed by atoms with van der Waals surface area (Å²) in [6.07, 6.45) is 3.28. The first kappa shape index (κ1) is 9.93. The molecule has 2 heterocycles. The van der Waals surface area contributed by atoms with Crippen LogP contribution in [0.3, 0.4) is 0 Å². The minimum Gasteiger partial charge on any atom is -0.383 e. The van der Waals surface area contributed by atoms with E-state index in [1.807, 2.05) is 25.1 Å². The van der Waals surface area contributed by atoms with E-state index in [0.29, 0.717) is 10.8 Å². The lowest BCUT2D eigenvalue weighted by Crippen LogP contribution is -1.94. The fourth-order valence-corrected chi connectivity index (χ4v) is 1.60. The van der Waals surface area contributed by atoms with Crippen LogP contribution in [0.5, 0.6) is 0 Å². The number of nitrogens with zero attached hydrogens (tertiary/aromatic N) is 2. The summed E-state index contributed by atoms with van der Waals surface area (Å²) >= 11 is 6.06. The van der Waals surface area contributed by atoms with Crippen molar-refractivity contribution in [2.75, 3.05) is 5.73 Å². The van der Waals surface area contributed by atoms with Gasteiger partial charge in [0.25, 0.3) is 0 Å². The summed E-state index contributed by atoms with van der Waals surface area (Å²) in [4.78, 5) is 8.13. The second-order valence-electron chi connectivity index (χ2n) is 3.24. The number of nitrogen functional groups attached to an aromatic ring is 1. The fourth-order valence-electron chi connectivity index (χ4n) is 1.39. The smallest absolute Gasteiger partial charge is 0.131 e. The third-order valence-corrected chi connectivity index (χ3v) is 2.42. The van der Waals surface area contributed by atoms with E-state index < -0.39 is 0 Å². The zero-order valence-corrected chi connectivity index (χ0v) is 8.99. The largest absolute Gasteiger partial charge is 0.383 e. The highest BCUT2D eigenvalue weighted by Crippen LogP contribution is 2.30. The van der Waals surface area contributed by atoms with E-state index in [-0.39, 0.29) is 0 Å². The molecule has 0 saturated heterocycles. The van der Waals surface area contributed by atoms with Gasteiger partial charge in [-0.1, -0.05) is 11.6 Å². The number of hydrogen-bond donors (Lipinski definition) is 1. The molecule has 0 aliphatic rings. The first-order valence-electron chi connectivity index (χ1n) is 4.51. The molecule has 0 aliphatic heterocycles. The molecule has 0 spiro atoms. The maximum Gasteiger partial charge on any atom is 0.131 e. The highest BCUT2D eigenvalue weighted by molar-refractivity contribution is 6.33. The highest BCUT2D eigenvalue weighted by atomic mass is 35.5. The van der Waals surface area contributed by atoms with Gasteiger partial charge in [-0.2, -0.15) is 0 Å². The summed E-state index contributed by atoms with van der Waals surface area (Å²) in [5, 5.41) is 0.584. The third kappa shape index (κ3) is 1.92. The zero-order chi connectivity index (χ0) is 10.8. The van der Waals surface area contributed by atoms with E-state index >= 15 is 0 Å². The normalized spacial score (nSPS) is 10.3. The Bertz CT molecular complexity index is 497. The summed E-state index contributed by atoms with van der Waals surface area (Å²) in [6, 6.07) is 5.62. The van der Waals surface area contributed by atoms with Gasteiger partial charge in [0.2, 0.25) is 0 Å². The molecular formula is C11H10ClN3. The van der Waals surface area contributed by atoms with Crippen LogP contribution in [0, 0.1) is 6.92 Å². The second-order valence-corrected chi connectivity index (χ2v) is 3.65. The van der Waals surface area contributed by atoms with Crippen molar-refractivity contribution >= 4 is 17.4 Å². The molecule has 0 saturated carbocycles. The van der Waals surface area contributed by atoms with Gasteiger partial charge in [-0.25, -0.2) is 4.98 Å². The first-order valence-corrected chi connectivity index (χ1v) is 4.89. The zero-order valence-electron chi connectivity index (χ0n) is 8.24. The second kappa shape index (κ2) is 3.87. The Morgan fingerprint density at radius 1 is 1.27 bits per heavy atom. The van der Waals surface area contributed by atoms with Crippen LogP contribution < -0.4 is 5.73 Å². The predicted octanol–water partition coefficient (Wildman–Crippen LogP) is 2.69. The molecule has 0 aliphatic carbocycles. The van der Waals surface area contributed by atoms with Crippen molar-refractivity contribution in [3.05, 3.63) is 41.3 Å². The minimum absolute atomic E-state index is 0.477. The van der Waals surface area contributed by atoms with Gasteiger partial charge in [-0.05, 0) is 25.1 Å². The molecule has 2 N–H and O–H groups in total. The van der Waals surface area contributed by atoms with Crippen LogP contribution in [-0.2, 0) is 0 Å². The molecule has 15 heavy (non-hydrogen) atoms. The topological polar surface area (TPSA) is 51.8 Å². The summed E-state index contributed by atoms with van der Waals surface area (Å²) in [5.74, 6) is 0.477. The maximum absolute atomic E-state index is 6.06. The van der Waals surface area contributed by atoms with E-state index in [1.165, 1.54) is 0 Å². The summed E-state index contributed by atoms with van der Waals surface area (Å²) in [5.41, 5.74) is 8.39. The molecule has 0 atom stereocenters. The Balaban J connectivity index is 2.64. The van der Waals surface area contributed by atoms with Crippen molar-refractivity contribution in [1.29, 1.82) is 0 Å². The molecule has 2 rings (SSSR count). The van der Waals surface area contributed by atoms with Gasteiger partial charge < -0.3 is 5.73 Å². The van der Waals surface area contributed by atoms with Crippen LogP contribution in [0.15, 0.2) is 30.6 Å². The quantitative estimate of drug-likeness (QED) is 0.802. The van der Waals surface area contributed by atoms with Gasteiger partial charge in [-0.3, -0.25) is 4.98 Å². The van der Waals surface area contributed by atoms with E-state index in [4.69, 9.17) is 17.3 Å². The van der Waals surface area contributed by atoms with E-state index in [2.05, 4.69) is 9.97 Å². The molecule has 0 unspecified atom stereocenters. The van der Waals surface area contributed by atoms with Crippen molar-refractivity contribution in [3.8, 4) is 11.1 Å². The molecule has 0 aromatic carbocycles. The molecule has 0 radical (unpaired) electrons. The Morgan fingerprint density at radius 3 is 2.80 bits per heavy atom. The number of hydrogen-bond acceptors (Lipinski definition) is 3. The van der Waals surface area contributed by atoms with Gasteiger partial charge >= 0.3 is 0 Å². The third-order valence-electron chi connectivity index (χ3n) is 2.12. The average Bonchev–Trinajstić information content (AvgIpc) is 2.23. The highest BCUT2D eigenvalue weighted by Gasteiger charge is 2.07. The fraction of sp³-hybridized carbons (Fsp3) is 0.0909. The van der Waals surface area contributed by atoms with E-state index in [0.717, 1.165) is 16.8 Å². The average molecular weight is 220 g/mol. The number of halogens is 1. The van der Waals surface area contributed by atoms with Gasteiger partial charge in [0.1, 0.15) is 5.82 Å². The van der Waals surface area contributed by atoms with Gasteiger partial charge in [0.15, 0.2) is 0 Å². The monoisotopic (exact) mass is 219 g/mol. The molecular weight excluding hydrogens is 210 g/mol. The van der Waals surface area contributed by atoms with Gasteiger partial charge in [0.05, 0.1) is 5.02 Å². The molecule has 2 aromatic heterocycles. The van der Waals surface area contributed by atoms with Crippen LogP contribution >= 0.6 is 11.6 Å². The Kier molecular flexibility index (Phi) is 2.56. The van der Waals surface area contributed by atoms with Gasteiger partial charge in [0, 0.05) is 29.2 Å². The standard InChI is InChI=1S/C11H10ClN3/c1-7-5-9(10(12)6-15-7)8-3-2-4-14-11(8)13/h2-6H,1H3,(H2,13,14). The van der Waals surface area contributed by atoms with Crippen molar-refractivity contribution in [2.45, 2.75) is 6.92 Å². The van der Waals surface area contributed by atoms with Crippen LogP contribution in [0.25, 0.3) is 11.1 Å². The Morgan fingerprint density at radius 2 is 2.07 bits per heavy atom. The SMILES string of the molecule is Cc1cc(-c2cccnc2N)c(Cl)cn1. The van der Waals surface area contributed by atoms with Crippen LogP contribution in [0.2, 0.25) is 5.02 Å². The lowest BCUT2D eigenvalue weighted by molar-refractivity contribution is 1.20. The number of aromatic nitrogens is 2. The minimum atomic E-state index is 0.477. The number of pyridine rings is 2. The predicted molar refractivity (Wildman–Crippen MR) is 61.6 cm³/mol. The van der Waals surface area contributed by atoms with Crippen molar-refractivity contribution in [2.24, 2.45) is 0 Å². The molecule has 4 heteroatoms. The van der Waals surface area contributed by atoms with Crippen molar-refractivity contribution < 1.29 is 0 Å². The first-order chi connectivity index (χ1) is 7.18. The molecule has 2 aromatic rings. The lowest BCUT2D eigenvalue weighted by atomic mass is 10.1. The number of anilines is 1. The number of nitrogens with two attached hydrogens (primary N) is 1. The molecule has 0 fully saturated rings. The van der Waals surface area contributed by atoms with E-state index in [9.17, 15) is 0 Å².